The van der Waals surface area contributed by atoms with Crippen molar-refractivity contribution >= 4 is 26.5 Å². The van der Waals surface area contributed by atoms with Crippen LogP contribution in [0.1, 0.15) is 6.42 Å². The number of aromatic nitrogens is 1. The first-order valence-electron chi connectivity index (χ1n) is 6.89. The van der Waals surface area contributed by atoms with Crippen molar-refractivity contribution in [3.8, 4) is 5.75 Å². The second-order valence-corrected chi connectivity index (χ2v) is 7.63. The molecular weight excluding hydrogens is 322 g/mol. The standard InChI is InChI=1S/C14H17N3O3S2/c1-20-12-3-2-4-13(9-12)22(18,19)16-11-5-7-17(10-11)14-15-6-8-21-14/h2-4,6,8-9,11,16H,5,7,10H2,1H3. The van der Waals surface area contributed by atoms with Gasteiger partial charge in [-0.2, -0.15) is 0 Å². The Morgan fingerprint density at radius 1 is 1.45 bits per heavy atom. The van der Waals surface area contributed by atoms with Crippen LogP contribution in [-0.2, 0) is 10.0 Å². The molecule has 2 heterocycles. The van der Waals surface area contributed by atoms with Crippen LogP contribution in [0.3, 0.4) is 0 Å². The lowest BCUT2D eigenvalue weighted by Crippen LogP contribution is -2.37. The largest absolute Gasteiger partial charge is 0.497 e. The molecule has 1 aliphatic rings. The van der Waals surface area contributed by atoms with Crippen LogP contribution in [0.5, 0.6) is 5.75 Å². The Morgan fingerprint density at radius 2 is 2.32 bits per heavy atom. The molecule has 0 aliphatic carbocycles. The molecule has 0 bridgehead atoms. The summed E-state index contributed by atoms with van der Waals surface area (Å²) in [6, 6.07) is 6.37. The third-order valence-corrected chi connectivity index (χ3v) is 5.90. The first-order valence-corrected chi connectivity index (χ1v) is 9.25. The second kappa shape index (κ2) is 6.23. The fourth-order valence-electron chi connectivity index (χ4n) is 2.46. The summed E-state index contributed by atoms with van der Waals surface area (Å²) in [4.78, 5) is 6.58. The van der Waals surface area contributed by atoms with E-state index in [4.69, 9.17) is 4.74 Å². The van der Waals surface area contributed by atoms with Gasteiger partial charge in [-0.05, 0) is 18.6 Å². The van der Waals surface area contributed by atoms with Crippen molar-refractivity contribution < 1.29 is 13.2 Å². The maximum Gasteiger partial charge on any atom is 0.241 e. The van der Waals surface area contributed by atoms with Gasteiger partial charge in [0.2, 0.25) is 10.0 Å². The number of anilines is 1. The minimum atomic E-state index is -3.54. The van der Waals surface area contributed by atoms with Crippen LogP contribution in [0, 0.1) is 0 Å². The molecule has 6 nitrogen and oxygen atoms in total. The Balaban J connectivity index is 1.70. The van der Waals surface area contributed by atoms with E-state index in [0.29, 0.717) is 12.3 Å². The van der Waals surface area contributed by atoms with Gasteiger partial charge in [-0.1, -0.05) is 6.07 Å². The first kappa shape index (κ1) is 15.3. The van der Waals surface area contributed by atoms with Crippen LogP contribution in [0.15, 0.2) is 40.7 Å². The van der Waals surface area contributed by atoms with E-state index in [0.717, 1.165) is 18.1 Å². The van der Waals surface area contributed by atoms with Gasteiger partial charge in [0, 0.05) is 36.8 Å². The van der Waals surface area contributed by atoms with Gasteiger partial charge in [0.1, 0.15) is 5.75 Å². The van der Waals surface area contributed by atoms with Gasteiger partial charge in [-0.3, -0.25) is 0 Å². The quantitative estimate of drug-likeness (QED) is 0.898. The summed E-state index contributed by atoms with van der Waals surface area (Å²) >= 11 is 1.56. The van der Waals surface area contributed by atoms with E-state index in [2.05, 4.69) is 14.6 Å². The Bertz CT molecular complexity index is 732. The van der Waals surface area contributed by atoms with Crippen molar-refractivity contribution in [3.63, 3.8) is 0 Å². The van der Waals surface area contributed by atoms with E-state index in [1.807, 2.05) is 5.38 Å². The molecule has 1 N–H and O–H groups in total. The molecule has 1 atom stereocenters. The molecule has 0 amide bonds. The van der Waals surface area contributed by atoms with Crippen molar-refractivity contribution in [1.29, 1.82) is 0 Å². The molecule has 1 aliphatic heterocycles. The molecule has 2 aromatic rings. The predicted octanol–water partition coefficient (Wildman–Crippen LogP) is 1.71. The highest BCUT2D eigenvalue weighted by molar-refractivity contribution is 7.89. The lowest BCUT2D eigenvalue weighted by molar-refractivity contribution is 0.413. The molecule has 118 valence electrons. The van der Waals surface area contributed by atoms with E-state index < -0.39 is 10.0 Å². The SMILES string of the molecule is COc1cccc(S(=O)(=O)NC2CCN(c3nccs3)C2)c1. The van der Waals surface area contributed by atoms with Crippen molar-refractivity contribution in [2.45, 2.75) is 17.4 Å². The third kappa shape index (κ3) is 3.23. The summed E-state index contributed by atoms with van der Waals surface area (Å²) in [7, 11) is -2.03. The summed E-state index contributed by atoms with van der Waals surface area (Å²) < 4.78 is 32.7. The number of rotatable bonds is 5. The van der Waals surface area contributed by atoms with Gasteiger partial charge >= 0.3 is 0 Å². The first-order chi connectivity index (χ1) is 10.6. The fraction of sp³-hybridized carbons (Fsp3) is 0.357. The van der Waals surface area contributed by atoms with E-state index in [1.54, 1.807) is 35.7 Å². The molecule has 1 aromatic heterocycles. The lowest BCUT2D eigenvalue weighted by Gasteiger charge is -2.16. The average molecular weight is 339 g/mol. The molecule has 0 spiro atoms. The van der Waals surface area contributed by atoms with Gasteiger partial charge < -0.3 is 9.64 Å². The number of methoxy groups -OCH3 is 1. The molecule has 3 rings (SSSR count). The molecule has 0 radical (unpaired) electrons. The molecular formula is C14H17N3O3S2. The summed E-state index contributed by atoms with van der Waals surface area (Å²) in [5.41, 5.74) is 0. The van der Waals surface area contributed by atoms with E-state index in [9.17, 15) is 8.42 Å². The Morgan fingerprint density at radius 3 is 3.05 bits per heavy atom. The number of ether oxygens (including phenoxy) is 1. The maximum atomic E-state index is 12.5. The van der Waals surface area contributed by atoms with Crippen molar-refractivity contribution in [1.82, 2.24) is 9.71 Å². The second-order valence-electron chi connectivity index (χ2n) is 5.05. The molecule has 1 saturated heterocycles. The number of hydrogen-bond acceptors (Lipinski definition) is 6. The molecule has 8 heteroatoms. The van der Waals surface area contributed by atoms with Crippen LogP contribution in [0.4, 0.5) is 5.13 Å². The van der Waals surface area contributed by atoms with E-state index in [1.165, 1.54) is 13.2 Å². The highest BCUT2D eigenvalue weighted by Gasteiger charge is 2.28. The normalized spacial score (nSPS) is 18.6. The predicted molar refractivity (Wildman–Crippen MR) is 86.0 cm³/mol. The molecule has 1 aromatic carbocycles. The fourth-order valence-corrected chi connectivity index (χ4v) is 4.43. The van der Waals surface area contributed by atoms with E-state index in [-0.39, 0.29) is 10.9 Å². The van der Waals surface area contributed by atoms with Gasteiger partial charge in [0.05, 0.1) is 12.0 Å². The summed E-state index contributed by atoms with van der Waals surface area (Å²) in [5.74, 6) is 0.527. The summed E-state index contributed by atoms with van der Waals surface area (Å²) in [6.45, 7) is 1.44. The van der Waals surface area contributed by atoms with Crippen molar-refractivity contribution in [2.24, 2.45) is 0 Å². The molecule has 1 fully saturated rings. The van der Waals surface area contributed by atoms with Crippen LogP contribution >= 0.6 is 11.3 Å². The number of thiazole rings is 1. The number of nitrogens with zero attached hydrogens (tertiary/aromatic N) is 2. The van der Waals surface area contributed by atoms with Gasteiger partial charge in [0.15, 0.2) is 5.13 Å². The molecule has 0 saturated carbocycles. The lowest BCUT2D eigenvalue weighted by atomic mass is 10.3. The number of sulfonamides is 1. The van der Waals surface area contributed by atoms with Crippen molar-refractivity contribution in [2.75, 3.05) is 25.1 Å². The van der Waals surface area contributed by atoms with Gasteiger partial charge in [0.25, 0.3) is 0 Å². The minimum Gasteiger partial charge on any atom is -0.497 e. The highest BCUT2D eigenvalue weighted by atomic mass is 32.2. The number of hydrogen-bond donors (Lipinski definition) is 1. The Labute approximate surface area is 133 Å². The van der Waals surface area contributed by atoms with Crippen LogP contribution in [0.2, 0.25) is 0 Å². The zero-order valence-electron chi connectivity index (χ0n) is 12.1. The molecule has 22 heavy (non-hydrogen) atoms. The van der Waals surface area contributed by atoms with E-state index >= 15 is 0 Å². The maximum absolute atomic E-state index is 12.5. The number of nitrogens with one attached hydrogen (secondary N) is 1. The highest BCUT2D eigenvalue weighted by Crippen LogP contribution is 2.24. The zero-order chi connectivity index (χ0) is 15.6. The third-order valence-electron chi connectivity index (χ3n) is 3.55. The minimum absolute atomic E-state index is 0.111. The molecule has 1 unspecified atom stereocenters. The van der Waals surface area contributed by atoms with Crippen LogP contribution in [-0.4, -0.2) is 39.6 Å². The summed E-state index contributed by atoms with van der Waals surface area (Å²) in [5, 5.41) is 2.85. The Hall–Kier alpha value is -1.64. The van der Waals surface area contributed by atoms with Crippen LogP contribution in [0.25, 0.3) is 0 Å². The monoisotopic (exact) mass is 339 g/mol. The summed E-state index contributed by atoms with van der Waals surface area (Å²) in [6.07, 6.45) is 2.52. The average Bonchev–Trinajstić information content (AvgIpc) is 3.18. The van der Waals surface area contributed by atoms with Crippen LogP contribution < -0.4 is 14.4 Å². The van der Waals surface area contributed by atoms with Gasteiger partial charge in [-0.25, -0.2) is 18.1 Å². The topological polar surface area (TPSA) is 71.5 Å². The smallest absolute Gasteiger partial charge is 0.241 e. The van der Waals surface area contributed by atoms with Gasteiger partial charge in [-0.15, -0.1) is 11.3 Å². The van der Waals surface area contributed by atoms with Crippen molar-refractivity contribution in [3.05, 3.63) is 35.8 Å². The number of benzene rings is 1. The zero-order valence-corrected chi connectivity index (χ0v) is 13.7. The Kier molecular flexibility index (Phi) is 4.32.